The van der Waals surface area contributed by atoms with Gasteiger partial charge in [-0.3, -0.25) is 4.79 Å². The van der Waals surface area contributed by atoms with Gasteiger partial charge < -0.3 is 19.7 Å². The molecular formula is C23H29N2O4+. The van der Waals surface area contributed by atoms with Gasteiger partial charge in [-0.05, 0) is 36.6 Å². The summed E-state index contributed by atoms with van der Waals surface area (Å²) in [6, 6.07) is 15.5. The van der Waals surface area contributed by atoms with Crippen LogP contribution in [0.2, 0.25) is 0 Å². The number of nitrogens with one attached hydrogen (secondary N) is 2. The quantitative estimate of drug-likeness (QED) is 0.650. The minimum Gasteiger partial charge on any atom is -0.452 e. The van der Waals surface area contributed by atoms with Gasteiger partial charge in [0, 0.05) is 12.1 Å². The molecule has 6 heteroatoms. The van der Waals surface area contributed by atoms with Crippen molar-refractivity contribution in [2.45, 2.75) is 19.9 Å². The zero-order valence-corrected chi connectivity index (χ0v) is 16.9. The molecule has 2 aromatic rings. The van der Waals surface area contributed by atoms with Crippen LogP contribution in [0.4, 0.5) is 0 Å². The number of quaternary nitrogens is 1. The summed E-state index contributed by atoms with van der Waals surface area (Å²) in [4.78, 5) is 25.6. The Hall–Kier alpha value is -2.70. The highest BCUT2D eigenvalue weighted by Crippen LogP contribution is 2.07. The second kappa shape index (κ2) is 10.7. The molecule has 1 amide bonds. The molecule has 1 aliphatic rings. The van der Waals surface area contributed by atoms with Gasteiger partial charge in [-0.1, -0.05) is 36.4 Å². The van der Waals surface area contributed by atoms with Crippen molar-refractivity contribution in [2.75, 3.05) is 39.5 Å². The van der Waals surface area contributed by atoms with Crippen LogP contribution in [-0.2, 0) is 27.2 Å². The number of ether oxygens (including phenoxy) is 2. The Morgan fingerprint density at radius 2 is 1.79 bits per heavy atom. The fraction of sp³-hybridized carbons (Fsp3) is 0.391. The van der Waals surface area contributed by atoms with E-state index in [1.54, 1.807) is 12.1 Å². The average Bonchev–Trinajstić information content (AvgIpc) is 2.75. The minimum absolute atomic E-state index is 0.272. The predicted octanol–water partition coefficient (Wildman–Crippen LogP) is 0.926. The molecule has 0 saturated carbocycles. The highest BCUT2D eigenvalue weighted by molar-refractivity contribution is 5.91. The number of morpholine rings is 1. The summed E-state index contributed by atoms with van der Waals surface area (Å²) in [6.07, 6.45) is 0.749. The van der Waals surface area contributed by atoms with E-state index in [-0.39, 0.29) is 12.5 Å². The second-order valence-corrected chi connectivity index (χ2v) is 7.34. The largest absolute Gasteiger partial charge is 0.452 e. The van der Waals surface area contributed by atoms with Crippen molar-refractivity contribution in [1.82, 2.24) is 5.32 Å². The van der Waals surface area contributed by atoms with E-state index in [1.807, 2.05) is 43.3 Å². The van der Waals surface area contributed by atoms with E-state index in [0.29, 0.717) is 12.1 Å². The van der Waals surface area contributed by atoms with Gasteiger partial charge in [0.15, 0.2) is 6.61 Å². The van der Waals surface area contributed by atoms with Crippen LogP contribution in [0, 0.1) is 6.92 Å². The lowest BCUT2D eigenvalue weighted by atomic mass is 10.1. The fourth-order valence-corrected chi connectivity index (χ4v) is 3.38. The number of carbonyl (C=O) groups is 2. The summed E-state index contributed by atoms with van der Waals surface area (Å²) in [7, 11) is 0. The van der Waals surface area contributed by atoms with E-state index < -0.39 is 5.97 Å². The summed E-state index contributed by atoms with van der Waals surface area (Å²) in [6.45, 7) is 6.81. The van der Waals surface area contributed by atoms with E-state index in [0.717, 1.165) is 39.3 Å². The molecular weight excluding hydrogens is 368 g/mol. The van der Waals surface area contributed by atoms with Gasteiger partial charge in [0.1, 0.15) is 19.6 Å². The Morgan fingerprint density at radius 1 is 1.07 bits per heavy atom. The Labute approximate surface area is 171 Å². The Morgan fingerprint density at radius 3 is 2.52 bits per heavy atom. The highest BCUT2D eigenvalue weighted by Gasteiger charge is 2.15. The maximum atomic E-state index is 12.2. The van der Waals surface area contributed by atoms with E-state index in [9.17, 15) is 9.59 Å². The van der Waals surface area contributed by atoms with Crippen LogP contribution in [0.25, 0.3) is 0 Å². The van der Waals surface area contributed by atoms with Gasteiger partial charge in [0.05, 0.1) is 18.8 Å². The van der Waals surface area contributed by atoms with Crippen molar-refractivity contribution in [3.8, 4) is 0 Å². The Balaban J connectivity index is 1.38. The minimum atomic E-state index is -0.482. The molecule has 29 heavy (non-hydrogen) atoms. The number of aryl methyl sites for hydroxylation is 1. The first-order valence-electron chi connectivity index (χ1n) is 10.1. The van der Waals surface area contributed by atoms with E-state index in [2.05, 4.69) is 5.32 Å². The van der Waals surface area contributed by atoms with Gasteiger partial charge in [0.25, 0.3) is 5.91 Å². The first-order valence-corrected chi connectivity index (χ1v) is 10.1. The van der Waals surface area contributed by atoms with Gasteiger partial charge >= 0.3 is 5.97 Å². The summed E-state index contributed by atoms with van der Waals surface area (Å²) in [5.41, 5.74) is 4.03. The van der Waals surface area contributed by atoms with Gasteiger partial charge in [-0.25, -0.2) is 4.79 Å². The lowest BCUT2D eigenvalue weighted by Gasteiger charge is -2.23. The summed E-state index contributed by atoms with van der Waals surface area (Å²) in [5, 5.41) is 2.79. The number of benzene rings is 2. The normalized spacial score (nSPS) is 14.4. The zero-order valence-electron chi connectivity index (χ0n) is 16.9. The summed E-state index contributed by atoms with van der Waals surface area (Å²) < 4.78 is 10.5. The molecule has 0 aliphatic carbocycles. The van der Waals surface area contributed by atoms with Crippen LogP contribution >= 0.6 is 0 Å². The molecule has 0 aromatic heterocycles. The van der Waals surface area contributed by atoms with E-state index in [4.69, 9.17) is 9.47 Å². The average molecular weight is 397 g/mol. The van der Waals surface area contributed by atoms with Crippen molar-refractivity contribution < 1.29 is 24.0 Å². The monoisotopic (exact) mass is 397 g/mol. The molecule has 1 fully saturated rings. The van der Waals surface area contributed by atoms with Crippen LogP contribution < -0.4 is 10.2 Å². The molecule has 0 radical (unpaired) electrons. The molecule has 2 aromatic carbocycles. The van der Waals surface area contributed by atoms with Gasteiger partial charge in [-0.2, -0.15) is 0 Å². The third kappa shape index (κ3) is 6.69. The molecule has 1 heterocycles. The predicted molar refractivity (Wildman–Crippen MR) is 110 cm³/mol. The topological polar surface area (TPSA) is 69.1 Å². The van der Waals surface area contributed by atoms with Crippen molar-refractivity contribution in [3.05, 3.63) is 70.8 Å². The molecule has 0 unspecified atom stereocenters. The Bertz CT molecular complexity index is 814. The molecule has 0 spiro atoms. The Kier molecular flexibility index (Phi) is 7.78. The lowest BCUT2D eigenvalue weighted by molar-refractivity contribution is -0.921. The number of rotatable bonds is 8. The molecule has 154 valence electrons. The fourth-order valence-electron chi connectivity index (χ4n) is 3.38. The maximum Gasteiger partial charge on any atom is 0.338 e. The molecule has 3 rings (SSSR count). The number of hydrogen-bond donors (Lipinski definition) is 2. The van der Waals surface area contributed by atoms with Gasteiger partial charge in [0.2, 0.25) is 0 Å². The van der Waals surface area contributed by atoms with E-state index in [1.165, 1.54) is 21.6 Å². The zero-order chi connectivity index (χ0) is 20.5. The standard InChI is InChI=1S/C23H28N2O4/c1-18-4-2-3-5-20(18)10-11-24-22(26)17-29-23(27)21-8-6-19(7-9-21)16-25-12-14-28-15-13-25/h2-9H,10-17H2,1H3,(H,24,26)/p+1. The highest BCUT2D eigenvalue weighted by atomic mass is 16.5. The van der Waals surface area contributed by atoms with Crippen molar-refractivity contribution in [1.29, 1.82) is 0 Å². The third-order valence-electron chi connectivity index (χ3n) is 5.16. The molecule has 1 aliphatic heterocycles. The van der Waals surface area contributed by atoms with E-state index >= 15 is 0 Å². The first kappa shape index (κ1) is 21.0. The number of hydrogen-bond acceptors (Lipinski definition) is 4. The van der Waals surface area contributed by atoms with Crippen LogP contribution in [0.5, 0.6) is 0 Å². The number of amides is 1. The third-order valence-corrected chi connectivity index (χ3v) is 5.16. The SMILES string of the molecule is Cc1ccccc1CCNC(=O)COC(=O)c1ccc(C[NH+]2CCOCC2)cc1. The summed E-state index contributed by atoms with van der Waals surface area (Å²) >= 11 is 0. The molecule has 6 nitrogen and oxygen atoms in total. The van der Waals surface area contributed by atoms with Crippen molar-refractivity contribution in [2.24, 2.45) is 0 Å². The van der Waals surface area contributed by atoms with Crippen LogP contribution in [0.1, 0.15) is 27.0 Å². The van der Waals surface area contributed by atoms with Crippen LogP contribution in [-0.4, -0.2) is 51.3 Å². The molecule has 2 N–H and O–H groups in total. The van der Waals surface area contributed by atoms with Crippen molar-refractivity contribution in [3.63, 3.8) is 0 Å². The maximum absolute atomic E-state index is 12.2. The molecule has 0 bridgehead atoms. The first-order chi connectivity index (χ1) is 14.1. The molecule has 1 saturated heterocycles. The van der Waals surface area contributed by atoms with Crippen molar-refractivity contribution >= 4 is 11.9 Å². The smallest absolute Gasteiger partial charge is 0.338 e. The second-order valence-electron chi connectivity index (χ2n) is 7.34. The van der Waals surface area contributed by atoms with Crippen LogP contribution in [0.3, 0.4) is 0 Å². The number of esters is 1. The number of carbonyl (C=O) groups excluding carboxylic acids is 2. The van der Waals surface area contributed by atoms with Crippen LogP contribution in [0.15, 0.2) is 48.5 Å². The lowest BCUT2D eigenvalue weighted by Crippen LogP contribution is -3.12. The summed E-state index contributed by atoms with van der Waals surface area (Å²) in [5.74, 6) is -0.774. The van der Waals surface area contributed by atoms with Gasteiger partial charge in [-0.15, -0.1) is 0 Å². The molecule has 0 atom stereocenters.